The Labute approximate surface area is 360 Å². The molecule has 304 valence electrons. The molecular weight excluding hydrogens is 725 g/mol. The molecule has 60 heavy (non-hydrogen) atoms. The van der Waals surface area contributed by atoms with E-state index in [2.05, 4.69) is 219 Å². The number of hydrogen-bond donors (Lipinski definition) is 0. The quantitative estimate of drug-likeness (QED) is 0.165. The van der Waals surface area contributed by atoms with E-state index in [0.717, 1.165) is 0 Å². The third-order valence-corrected chi connectivity index (χ3v) is 15.1. The highest BCUT2D eigenvalue weighted by molar-refractivity contribution is 7.00. The van der Waals surface area contributed by atoms with Crippen LogP contribution < -0.4 is 31.1 Å². The van der Waals surface area contributed by atoms with Gasteiger partial charge in [0.05, 0.1) is 5.54 Å². The van der Waals surface area contributed by atoms with Crippen molar-refractivity contribution in [3.05, 3.63) is 149 Å². The number of hydrogen-bond acceptors (Lipinski definition) is 3. The van der Waals surface area contributed by atoms with Gasteiger partial charge in [0.1, 0.15) is 0 Å². The van der Waals surface area contributed by atoms with E-state index < -0.39 is 0 Å². The van der Waals surface area contributed by atoms with E-state index in [1.165, 1.54) is 109 Å². The molecule has 10 rings (SSSR count). The second-order valence-corrected chi connectivity index (χ2v) is 22.0. The first-order chi connectivity index (χ1) is 28.3. The highest BCUT2D eigenvalue weighted by Crippen LogP contribution is 2.62. The lowest BCUT2D eigenvalue weighted by Crippen LogP contribution is -2.61. The molecule has 3 aliphatic heterocycles. The predicted molar refractivity (Wildman–Crippen MR) is 259 cm³/mol. The maximum Gasteiger partial charge on any atom is 0.252 e. The van der Waals surface area contributed by atoms with Gasteiger partial charge in [0.2, 0.25) is 0 Å². The molecule has 1 aliphatic carbocycles. The Balaban J connectivity index is 1.26. The van der Waals surface area contributed by atoms with Crippen LogP contribution in [0.5, 0.6) is 0 Å². The lowest BCUT2D eigenvalue weighted by Gasteiger charge is -2.46. The first-order valence-corrected chi connectivity index (χ1v) is 22.4. The van der Waals surface area contributed by atoms with E-state index in [1.54, 1.807) is 0 Å². The SMILES string of the molecule is Cc1cc2c3c(c1)N(c1ccc(C(C)(C)C)cc1)c1cc(N4c5ccccc5C5(C)CCCC45C)ccc1B3c1cc(C(C)(C)C)ccc1N2c1ccc(C(C)(C)C)cc1. The molecule has 2 unspecified atom stereocenters. The fourth-order valence-electron chi connectivity index (χ4n) is 11.4. The van der Waals surface area contributed by atoms with Gasteiger partial charge in [-0.25, -0.2) is 0 Å². The van der Waals surface area contributed by atoms with E-state index in [1.807, 2.05) is 0 Å². The summed E-state index contributed by atoms with van der Waals surface area (Å²) < 4.78 is 0. The van der Waals surface area contributed by atoms with Crippen molar-refractivity contribution in [2.24, 2.45) is 0 Å². The van der Waals surface area contributed by atoms with E-state index >= 15 is 0 Å². The average molecular weight is 788 g/mol. The van der Waals surface area contributed by atoms with Crippen LogP contribution in [0.15, 0.2) is 121 Å². The number of rotatable bonds is 3. The summed E-state index contributed by atoms with van der Waals surface area (Å²) in [6.45, 7) is 28.3. The highest BCUT2D eigenvalue weighted by Gasteiger charge is 2.59. The van der Waals surface area contributed by atoms with Crippen LogP contribution in [0.2, 0.25) is 0 Å². The standard InChI is InChI=1S/C56H62BN3/c1-36-32-49-51-50(33-36)59(41-25-20-38(21-26-41)53(5,6)7)48-35-42(60-46-17-14-13-16-43(46)55(11)30-15-31-56(55,60)12)27-28-44(48)57(51)45-34-39(54(8,9)10)22-29-47(45)58(49)40-23-18-37(19-24-40)52(2,3)4/h13-14,16-29,32-35H,15,30-31H2,1-12H3. The van der Waals surface area contributed by atoms with Gasteiger partial charge in [0, 0.05) is 50.9 Å². The molecule has 4 aliphatic rings. The predicted octanol–water partition coefficient (Wildman–Crippen LogP) is 13.3. The van der Waals surface area contributed by atoms with E-state index in [9.17, 15) is 0 Å². The largest absolute Gasteiger partial charge is 0.334 e. The zero-order valence-electron chi connectivity index (χ0n) is 38.1. The Hall–Kier alpha value is -5.22. The minimum Gasteiger partial charge on any atom is -0.334 e. The van der Waals surface area contributed by atoms with Crippen molar-refractivity contribution in [2.45, 2.75) is 130 Å². The number of anilines is 8. The Morgan fingerprint density at radius 2 is 1.02 bits per heavy atom. The molecule has 0 amide bonds. The molecule has 6 aromatic carbocycles. The summed E-state index contributed by atoms with van der Waals surface area (Å²) in [5, 5.41) is 0. The molecule has 1 saturated carbocycles. The van der Waals surface area contributed by atoms with Crippen LogP contribution >= 0.6 is 0 Å². The third kappa shape index (κ3) is 5.61. The van der Waals surface area contributed by atoms with Crippen LogP contribution in [0.3, 0.4) is 0 Å². The summed E-state index contributed by atoms with van der Waals surface area (Å²) >= 11 is 0. The second kappa shape index (κ2) is 12.9. The van der Waals surface area contributed by atoms with Gasteiger partial charge in [-0.1, -0.05) is 136 Å². The molecule has 3 heterocycles. The van der Waals surface area contributed by atoms with Crippen LogP contribution in [0, 0.1) is 6.92 Å². The number of fused-ring (bicyclic) bond motifs is 7. The molecule has 2 atom stereocenters. The highest BCUT2D eigenvalue weighted by atomic mass is 15.3. The van der Waals surface area contributed by atoms with Gasteiger partial charge in [0.25, 0.3) is 6.71 Å². The summed E-state index contributed by atoms with van der Waals surface area (Å²) in [7, 11) is 0. The van der Waals surface area contributed by atoms with Crippen LogP contribution in [0.25, 0.3) is 0 Å². The average Bonchev–Trinajstić information content (AvgIpc) is 3.60. The topological polar surface area (TPSA) is 9.72 Å². The first kappa shape index (κ1) is 39.0. The molecule has 0 spiro atoms. The molecule has 0 N–H and O–H groups in total. The van der Waals surface area contributed by atoms with Crippen molar-refractivity contribution >= 4 is 68.6 Å². The van der Waals surface area contributed by atoms with Crippen LogP contribution in [-0.2, 0) is 21.7 Å². The monoisotopic (exact) mass is 788 g/mol. The van der Waals surface area contributed by atoms with Crippen molar-refractivity contribution in [1.82, 2.24) is 0 Å². The van der Waals surface area contributed by atoms with Crippen molar-refractivity contribution in [3.63, 3.8) is 0 Å². The fourth-order valence-corrected chi connectivity index (χ4v) is 11.4. The van der Waals surface area contributed by atoms with Crippen molar-refractivity contribution in [3.8, 4) is 0 Å². The normalized spacial score (nSPS) is 20.5. The smallest absolute Gasteiger partial charge is 0.252 e. The molecular formula is C56H62BN3. The van der Waals surface area contributed by atoms with Gasteiger partial charge in [-0.05, 0) is 148 Å². The Kier molecular flexibility index (Phi) is 8.37. The summed E-state index contributed by atoms with van der Waals surface area (Å²) in [4.78, 5) is 7.88. The maximum absolute atomic E-state index is 2.73. The molecule has 4 heteroatoms. The molecule has 0 saturated heterocycles. The minimum absolute atomic E-state index is 0.000683. The molecule has 0 radical (unpaired) electrons. The lowest BCUT2D eigenvalue weighted by molar-refractivity contribution is 0.330. The molecule has 0 bridgehead atoms. The Morgan fingerprint density at radius 1 is 0.483 bits per heavy atom. The van der Waals surface area contributed by atoms with E-state index in [4.69, 9.17) is 0 Å². The minimum atomic E-state index is -0.0114. The van der Waals surface area contributed by atoms with E-state index in [0.29, 0.717) is 0 Å². The Morgan fingerprint density at radius 3 is 1.60 bits per heavy atom. The Bertz CT molecular complexity index is 2690. The molecule has 1 fully saturated rings. The fraction of sp³-hybridized carbons (Fsp3) is 0.357. The number of para-hydroxylation sites is 1. The van der Waals surface area contributed by atoms with Gasteiger partial charge in [0.15, 0.2) is 0 Å². The maximum atomic E-state index is 2.73. The van der Waals surface area contributed by atoms with Gasteiger partial charge in [-0.15, -0.1) is 0 Å². The van der Waals surface area contributed by atoms with Crippen molar-refractivity contribution in [2.75, 3.05) is 14.7 Å². The van der Waals surface area contributed by atoms with Crippen molar-refractivity contribution in [1.29, 1.82) is 0 Å². The number of nitrogens with zero attached hydrogens (tertiary/aromatic N) is 3. The zero-order valence-corrected chi connectivity index (χ0v) is 38.1. The van der Waals surface area contributed by atoms with Crippen molar-refractivity contribution < 1.29 is 0 Å². The summed E-state index contributed by atoms with van der Waals surface area (Å²) in [5.41, 5.74) is 21.2. The van der Waals surface area contributed by atoms with E-state index in [-0.39, 0.29) is 33.9 Å². The lowest BCUT2D eigenvalue weighted by atomic mass is 9.33. The molecule has 0 aromatic heterocycles. The molecule has 6 aromatic rings. The zero-order chi connectivity index (χ0) is 42.3. The second-order valence-electron chi connectivity index (χ2n) is 22.0. The van der Waals surface area contributed by atoms with Crippen LogP contribution in [0.1, 0.15) is 123 Å². The van der Waals surface area contributed by atoms with Gasteiger partial charge < -0.3 is 14.7 Å². The first-order valence-electron chi connectivity index (χ1n) is 22.4. The molecule has 3 nitrogen and oxygen atoms in total. The van der Waals surface area contributed by atoms with Gasteiger partial charge >= 0.3 is 0 Å². The van der Waals surface area contributed by atoms with Crippen LogP contribution in [0.4, 0.5) is 45.5 Å². The number of benzene rings is 6. The third-order valence-electron chi connectivity index (χ3n) is 15.1. The summed E-state index contributed by atoms with van der Waals surface area (Å²) in [6, 6.07) is 47.7. The van der Waals surface area contributed by atoms with Crippen LogP contribution in [-0.4, -0.2) is 12.3 Å². The van der Waals surface area contributed by atoms with Gasteiger partial charge in [-0.3, -0.25) is 0 Å². The number of aryl methyl sites for hydroxylation is 1. The summed E-state index contributed by atoms with van der Waals surface area (Å²) in [5.74, 6) is 0. The summed E-state index contributed by atoms with van der Waals surface area (Å²) in [6.07, 6.45) is 3.64. The van der Waals surface area contributed by atoms with Gasteiger partial charge in [-0.2, -0.15) is 0 Å².